The van der Waals surface area contributed by atoms with E-state index in [0.717, 1.165) is 51.7 Å². The number of hydrogen-bond donors (Lipinski definition) is 1. The molecule has 98 valence electrons. The van der Waals surface area contributed by atoms with Crippen molar-refractivity contribution in [2.75, 3.05) is 45.9 Å². The van der Waals surface area contributed by atoms with E-state index in [9.17, 15) is 4.79 Å². The molecule has 1 atom stereocenters. The summed E-state index contributed by atoms with van der Waals surface area (Å²) in [6, 6.07) is 0. The molecule has 2 saturated heterocycles. The van der Waals surface area contributed by atoms with Crippen LogP contribution in [0.15, 0.2) is 0 Å². The van der Waals surface area contributed by atoms with Gasteiger partial charge in [-0.2, -0.15) is 0 Å². The normalized spacial score (nSPS) is 27.2. The van der Waals surface area contributed by atoms with Crippen molar-refractivity contribution in [1.82, 2.24) is 15.3 Å². The van der Waals surface area contributed by atoms with Gasteiger partial charge in [0.15, 0.2) is 0 Å². The second-order valence-electron chi connectivity index (χ2n) is 4.95. The second-order valence-corrected chi connectivity index (χ2v) is 4.95. The number of ether oxygens (including phenoxy) is 1. The molecule has 2 heterocycles. The molecule has 17 heavy (non-hydrogen) atoms. The third kappa shape index (κ3) is 4.26. The molecular weight excluding hydrogens is 218 g/mol. The molecule has 0 aliphatic carbocycles. The van der Waals surface area contributed by atoms with Crippen LogP contribution in [0.5, 0.6) is 0 Å². The van der Waals surface area contributed by atoms with Gasteiger partial charge in [0.25, 0.3) is 0 Å². The molecule has 2 rings (SSSR count). The Morgan fingerprint density at radius 1 is 1.29 bits per heavy atom. The fourth-order valence-electron chi connectivity index (χ4n) is 2.59. The molecule has 0 aromatic rings. The maximum atomic E-state index is 10.3. The van der Waals surface area contributed by atoms with Gasteiger partial charge in [-0.05, 0) is 31.7 Å². The van der Waals surface area contributed by atoms with Crippen LogP contribution in [-0.2, 0) is 9.53 Å². The smallest absolute Gasteiger partial charge is 0.221 e. The number of nitrogens with one attached hydrogen (secondary N) is 1. The van der Waals surface area contributed by atoms with Crippen molar-refractivity contribution >= 4 is 6.41 Å². The Labute approximate surface area is 103 Å². The third-order valence-electron chi connectivity index (χ3n) is 3.72. The molecule has 0 bridgehead atoms. The van der Waals surface area contributed by atoms with Crippen molar-refractivity contribution in [2.24, 2.45) is 5.92 Å². The molecule has 0 aromatic carbocycles. The number of amides is 1. The summed E-state index contributed by atoms with van der Waals surface area (Å²) in [5.41, 5.74) is 2.72. The van der Waals surface area contributed by atoms with E-state index in [1.165, 1.54) is 25.8 Å². The lowest BCUT2D eigenvalue weighted by Crippen LogP contribution is -2.51. The van der Waals surface area contributed by atoms with Crippen molar-refractivity contribution in [3.05, 3.63) is 0 Å². The zero-order chi connectivity index (χ0) is 11.9. The van der Waals surface area contributed by atoms with Crippen molar-refractivity contribution in [2.45, 2.75) is 19.3 Å². The van der Waals surface area contributed by atoms with Crippen LogP contribution in [0.4, 0.5) is 0 Å². The van der Waals surface area contributed by atoms with E-state index in [4.69, 9.17) is 4.74 Å². The number of rotatable bonds is 6. The van der Waals surface area contributed by atoms with Gasteiger partial charge < -0.3 is 9.64 Å². The highest BCUT2D eigenvalue weighted by molar-refractivity contribution is 5.44. The average molecular weight is 241 g/mol. The van der Waals surface area contributed by atoms with Crippen LogP contribution >= 0.6 is 0 Å². The molecule has 1 unspecified atom stereocenters. The van der Waals surface area contributed by atoms with Crippen molar-refractivity contribution in [3.63, 3.8) is 0 Å². The Hall–Kier alpha value is -0.650. The van der Waals surface area contributed by atoms with Crippen LogP contribution in [0, 0.1) is 5.92 Å². The molecule has 1 amide bonds. The second kappa shape index (κ2) is 6.93. The van der Waals surface area contributed by atoms with Crippen molar-refractivity contribution < 1.29 is 9.53 Å². The van der Waals surface area contributed by atoms with Gasteiger partial charge in [0.05, 0.1) is 0 Å². The van der Waals surface area contributed by atoms with E-state index in [1.807, 2.05) is 5.01 Å². The third-order valence-corrected chi connectivity index (χ3v) is 3.72. The van der Waals surface area contributed by atoms with Crippen LogP contribution < -0.4 is 5.43 Å². The Morgan fingerprint density at radius 3 is 2.76 bits per heavy atom. The molecule has 0 saturated carbocycles. The monoisotopic (exact) mass is 241 g/mol. The summed E-state index contributed by atoms with van der Waals surface area (Å²) in [4.78, 5) is 12.8. The lowest BCUT2D eigenvalue weighted by molar-refractivity contribution is -0.114. The minimum Gasteiger partial charge on any atom is -0.381 e. The van der Waals surface area contributed by atoms with Gasteiger partial charge in [-0.25, -0.2) is 5.01 Å². The molecule has 0 aromatic heterocycles. The first kappa shape index (κ1) is 12.8. The van der Waals surface area contributed by atoms with Crippen molar-refractivity contribution in [3.8, 4) is 0 Å². The van der Waals surface area contributed by atoms with Gasteiger partial charge in [-0.3, -0.25) is 10.2 Å². The number of hydrogen-bond acceptors (Lipinski definition) is 4. The van der Waals surface area contributed by atoms with Crippen LogP contribution in [0.25, 0.3) is 0 Å². The first-order chi connectivity index (χ1) is 8.38. The Bertz CT molecular complexity index is 224. The van der Waals surface area contributed by atoms with Gasteiger partial charge in [0.2, 0.25) is 6.41 Å². The first-order valence-corrected chi connectivity index (χ1v) is 6.63. The van der Waals surface area contributed by atoms with Gasteiger partial charge in [0.1, 0.15) is 0 Å². The molecule has 2 aliphatic heterocycles. The quantitative estimate of drug-likeness (QED) is 0.669. The average Bonchev–Trinajstić information content (AvgIpc) is 2.85. The molecule has 2 aliphatic rings. The topological polar surface area (TPSA) is 44.8 Å². The lowest BCUT2D eigenvalue weighted by Gasteiger charge is -2.33. The standard InChI is InChI=1S/C12H23N3O2/c16-11-13-15-7-5-14(6-8-15)4-1-2-12-3-9-17-10-12/h11-12H,1-10H2,(H,13,16). The highest BCUT2D eigenvalue weighted by atomic mass is 16.5. The maximum absolute atomic E-state index is 10.3. The van der Waals surface area contributed by atoms with E-state index < -0.39 is 0 Å². The number of carbonyl (C=O) groups excluding carboxylic acids is 1. The number of nitrogens with zero attached hydrogens (tertiary/aromatic N) is 2. The largest absolute Gasteiger partial charge is 0.381 e. The summed E-state index contributed by atoms with van der Waals surface area (Å²) in [5, 5.41) is 1.98. The van der Waals surface area contributed by atoms with Gasteiger partial charge >= 0.3 is 0 Å². The van der Waals surface area contributed by atoms with E-state index in [1.54, 1.807) is 0 Å². The SMILES string of the molecule is O=CNN1CCN(CCCC2CCOC2)CC1. The van der Waals surface area contributed by atoms with Crippen LogP contribution in [0.3, 0.4) is 0 Å². The Balaban J connectivity index is 1.53. The molecule has 0 radical (unpaired) electrons. The van der Waals surface area contributed by atoms with Crippen LogP contribution in [0.1, 0.15) is 19.3 Å². The van der Waals surface area contributed by atoms with E-state index in [0.29, 0.717) is 0 Å². The minimum absolute atomic E-state index is 0.760. The lowest BCUT2D eigenvalue weighted by atomic mass is 10.0. The zero-order valence-corrected chi connectivity index (χ0v) is 10.4. The van der Waals surface area contributed by atoms with Gasteiger partial charge in [-0.15, -0.1) is 0 Å². The summed E-state index contributed by atoms with van der Waals surface area (Å²) in [5.74, 6) is 0.799. The fraction of sp³-hybridized carbons (Fsp3) is 0.917. The Morgan fingerprint density at radius 2 is 2.12 bits per heavy atom. The summed E-state index contributed by atoms with van der Waals surface area (Å²) >= 11 is 0. The molecule has 0 spiro atoms. The predicted octanol–water partition coefficient (Wildman–Crippen LogP) is 0.0817. The summed E-state index contributed by atoms with van der Waals surface area (Å²) < 4.78 is 5.38. The summed E-state index contributed by atoms with van der Waals surface area (Å²) in [6.07, 6.45) is 4.58. The van der Waals surface area contributed by atoms with Crippen molar-refractivity contribution in [1.29, 1.82) is 0 Å². The molecule has 5 heteroatoms. The summed E-state index contributed by atoms with van der Waals surface area (Å²) in [7, 11) is 0. The van der Waals surface area contributed by atoms with E-state index >= 15 is 0 Å². The Kier molecular flexibility index (Phi) is 5.22. The fourth-order valence-corrected chi connectivity index (χ4v) is 2.59. The first-order valence-electron chi connectivity index (χ1n) is 6.63. The number of piperazine rings is 1. The maximum Gasteiger partial charge on any atom is 0.221 e. The van der Waals surface area contributed by atoms with Crippen LogP contribution in [-0.4, -0.2) is 62.3 Å². The molecule has 1 N–H and O–H groups in total. The number of carbonyl (C=O) groups is 1. The molecule has 5 nitrogen and oxygen atoms in total. The van der Waals surface area contributed by atoms with E-state index in [-0.39, 0.29) is 0 Å². The zero-order valence-electron chi connectivity index (χ0n) is 10.4. The van der Waals surface area contributed by atoms with Gasteiger partial charge in [0, 0.05) is 39.4 Å². The number of hydrazine groups is 1. The predicted molar refractivity (Wildman–Crippen MR) is 65.4 cm³/mol. The summed E-state index contributed by atoms with van der Waals surface area (Å²) in [6.45, 7) is 7.10. The molecule has 2 fully saturated rings. The van der Waals surface area contributed by atoms with E-state index in [2.05, 4.69) is 10.3 Å². The highest BCUT2D eigenvalue weighted by Gasteiger charge is 2.18. The van der Waals surface area contributed by atoms with Gasteiger partial charge in [-0.1, -0.05) is 0 Å². The minimum atomic E-state index is 0.760. The highest BCUT2D eigenvalue weighted by Crippen LogP contribution is 2.18. The molecular formula is C12H23N3O2. The van der Waals surface area contributed by atoms with Crippen LogP contribution in [0.2, 0.25) is 0 Å².